The Morgan fingerprint density at radius 1 is 1.12 bits per heavy atom. The van der Waals surface area contributed by atoms with Gasteiger partial charge < -0.3 is 0 Å². The second-order valence-corrected chi connectivity index (χ2v) is 4.60. The van der Waals surface area contributed by atoms with Gasteiger partial charge in [-0.15, -0.1) is 0 Å². The summed E-state index contributed by atoms with van der Waals surface area (Å²) in [6.45, 7) is 1.82. The van der Waals surface area contributed by atoms with Gasteiger partial charge in [0.2, 0.25) is 0 Å². The van der Waals surface area contributed by atoms with E-state index in [0.29, 0.717) is 11.1 Å². The lowest BCUT2D eigenvalue weighted by molar-refractivity contribution is 0.748. The lowest BCUT2D eigenvalue weighted by atomic mass is 9.96. The van der Waals surface area contributed by atoms with E-state index < -0.39 is 0 Å². The Labute approximate surface area is 106 Å². The molecule has 0 heterocycles. The Hall–Kier alpha value is -1.34. The molecule has 1 aromatic rings. The Bertz CT molecular complexity index is 495. The first-order valence-electron chi connectivity index (χ1n) is 5.66. The summed E-state index contributed by atoms with van der Waals surface area (Å²) in [6.07, 6.45) is 5.36. The van der Waals surface area contributed by atoms with E-state index in [2.05, 4.69) is 0 Å². The molecule has 0 bridgehead atoms. The average Bonchev–Trinajstić information content (AvgIpc) is 2.39. The predicted molar refractivity (Wildman–Crippen MR) is 71.4 cm³/mol. The van der Waals surface area contributed by atoms with Gasteiger partial charge in [-0.05, 0) is 37.0 Å². The molecular formula is C15H14ClF. The van der Waals surface area contributed by atoms with Crippen LogP contribution in [0.25, 0.3) is 5.83 Å². The van der Waals surface area contributed by atoms with Crippen molar-refractivity contribution in [2.24, 2.45) is 0 Å². The van der Waals surface area contributed by atoms with Gasteiger partial charge in [0.1, 0.15) is 5.83 Å². The normalized spacial score (nSPS) is 17.1. The summed E-state index contributed by atoms with van der Waals surface area (Å²) in [5.41, 5.74) is 2.36. The SMILES string of the molecule is C/C(C1=CC=C(Cl)CC1)=C(/F)c1ccccc1. The fourth-order valence-corrected chi connectivity index (χ4v) is 2.02. The highest BCUT2D eigenvalue weighted by molar-refractivity contribution is 6.29. The average molecular weight is 249 g/mol. The Morgan fingerprint density at radius 3 is 2.41 bits per heavy atom. The van der Waals surface area contributed by atoms with Crippen LogP contribution in [-0.2, 0) is 0 Å². The third kappa shape index (κ3) is 2.86. The molecule has 0 amide bonds. The van der Waals surface area contributed by atoms with Gasteiger partial charge in [-0.3, -0.25) is 0 Å². The summed E-state index contributed by atoms with van der Waals surface area (Å²) in [5.74, 6) is -0.150. The quantitative estimate of drug-likeness (QED) is 0.672. The zero-order valence-corrected chi connectivity index (χ0v) is 10.5. The third-order valence-electron chi connectivity index (χ3n) is 2.94. The molecule has 0 aliphatic heterocycles. The van der Waals surface area contributed by atoms with Crippen molar-refractivity contribution in [3.63, 3.8) is 0 Å². The van der Waals surface area contributed by atoms with Crippen molar-refractivity contribution in [1.82, 2.24) is 0 Å². The van der Waals surface area contributed by atoms with Crippen molar-refractivity contribution in [2.45, 2.75) is 19.8 Å². The van der Waals surface area contributed by atoms with Crippen LogP contribution in [0.2, 0.25) is 0 Å². The van der Waals surface area contributed by atoms with Gasteiger partial charge >= 0.3 is 0 Å². The van der Waals surface area contributed by atoms with Gasteiger partial charge in [0, 0.05) is 10.6 Å². The van der Waals surface area contributed by atoms with Crippen LogP contribution in [-0.4, -0.2) is 0 Å². The topological polar surface area (TPSA) is 0 Å². The smallest absolute Gasteiger partial charge is 0.133 e. The molecule has 0 aromatic heterocycles. The van der Waals surface area contributed by atoms with Crippen LogP contribution in [0.5, 0.6) is 0 Å². The molecule has 0 nitrogen and oxygen atoms in total. The Morgan fingerprint density at radius 2 is 1.82 bits per heavy atom. The van der Waals surface area contributed by atoms with Crippen LogP contribution >= 0.6 is 11.6 Å². The molecule has 17 heavy (non-hydrogen) atoms. The largest absolute Gasteiger partial charge is 0.206 e. The molecule has 0 fully saturated rings. The van der Waals surface area contributed by atoms with E-state index in [0.717, 1.165) is 23.4 Å². The van der Waals surface area contributed by atoms with Crippen LogP contribution in [0.4, 0.5) is 4.39 Å². The van der Waals surface area contributed by atoms with Gasteiger partial charge in [0.15, 0.2) is 0 Å². The monoisotopic (exact) mass is 248 g/mol. The molecule has 1 aliphatic carbocycles. The van der Waals surface area contributed by atoms with Gasteiger partial charge in [0.25, 0.3) is 0 Å². The lowest BCUT2D eigenvalue weighted by Crippen LogP contribution is -1.94. The maximum Gasteiger partial charge on any atom is 0.133 e. The van der Waals surface area contributed by atoms with Crippen LogP contribution in [0, 0.1) is 0 Å². The first kappa shape index (κ1) is 12.1. The minimum Gasteiger partial charge on any atom is -0.206 e. The van der Waals surface area contributed by atoms with Gasteiger partial charge in [-0.25, -0.2) is 4.39 Å². The number of halogens is 2. The minimum absolute atomic E-state index is 0.150. The highest BCUT2D eigenvalue weighted by Crippen LogP contribution is 2.31. The lowest BCUT2D eigenvalue weighted by Gasteiger charge is -2.13. The number of hydrogen-bond donors (Lipinski definition) is 0. The van der Waals surface area contributed by atoms with Crippen LogP contribution < -0.4 is 0 Å². The Kier molecular flexibility index (Phi) is 3.80. The maximum absolute atomic E-state index is 14.2. The van der Waals surface area contributed by atoms with Crippen molar-refractivity contribution >= 4 is 17.4 Å². The summed E-state index contributed by atoms with van der Waals surface area (Å²) in [7, 11) is 0. The van der Waals surface area contributed by atoms with E-state index >= 15 is 0 Å². The van der Waals surface area contributed by atoms with Crippen molar-refractivity contribution in [3.8, 4) is 0 Å². The molecule has 1 aromatic carbocycles. The fraction of sp³-hybridized carbons (Fsp3) is 0.200. The van der Waals surface area contributed by atoms with E-state index in [1.807, 2.05) is 37.3 Å². The zero-order chi connectivity index (χ0) is 12.3. The summed E-state index contributed by atoms with van der Waals surface area (Å²) in [6, 6.07) is 9.13. The highest BCUT2D eigenvalue weighted by atomic mass is 35.5. The highest BCUT2D eigenvalue weighted by Gasteiger charge is 2.11. The molecule has 0 spiro atoms. The molecular weight excluding hydrogens is 235 g/mol. The first-order valence-corrected chi connectivity index (χ1v) is 6.03. The molecule has 2 rings (SSSR count). The van der Waals surface area contributed by atoms with Gasteiger partial charge in [-0.1, -0.05) is 48.0 Å². The summed E-state index contributed by atoms with van der Waals surface area (Å²) < 4.78 is 14.2. The molecule has 2 heteroatoms. The molecule has 88 valence electrons. The fourth-order valence-electron chi connectivity index (χ4n) is 1.87. The van der Waals surface area contributed by atoms with Crippen molar-refractivity contribution in [2.75, 3.05) is 0 Å². The van der Waals surface area contributed by atoms with E-state index in [1.165, 1.54) is 0 Å². The van der Waals surface area contributed by atoms with E-state index in [4.69, 9.17) is 11.6 Å². The third-order valence-corrected chi connectivity index (χ3v) is 3.25. The number of hydrogen-bond acceptors (Lipinski definition) is 0. The molecule has 1 aliphatic rings. The first-order chi connectivity index (χ1) is 8.18. The summed E-state index contributed by atoms with van der Waals surface area (Å²) in [4.78, 5) is 0. The maximum atomic E-state index is 14.2. The van der Waals surface area contributed by atoms with Gasteiger partial charge in [-0.2, -0.15) is 0 Å². The number of allylic oxidation sites excluding steroid dienone is 5. The second-order valence-electron chi connectivity index (χ2n) is 4.11. The molecule has 0 N–H and O–H groups in total. The second kappa shape index (κ2) is 5.33. The van der Waals surface area contributed by atoms with Gasteiger partial charge in [0.05, 0.1) is 0 Å². The van der Waals surface area contributed by atoms with Crippen molar-refractivity contribution in [3.05, 3.63) is 64.2 Å². The molecule has 0 radical (unpaired) electrons. The molecule has 0 saturated carbocycles. The van der Waals surface area contributed by atoms with Crippen LogP contribution in [0.3, 0.4) is 0 Å². The van der Waals surface area contributed by atoms with Crippen LogP contribution in [0.1, 0.15) is 25.3 Å². The Balaban J connectivity index is 2.33. The van der Waals surface area contributed by atoms with E-state index in [9.17, 15) is 4.39 Å². The molecule has 0 atom stereocenters. The summed E-state index contributed by atoms with van der Waals surface area (Å²) >= 11 is 5.89. The minimum atomic E-state index is -0.150. The number of benzene rings is 1. The molecule has 0 saturated heterocycles. The van der Waals surface area contributed by atoms with E-state index in [-0.39, 0.29) is 5.83 Å². The zero-order valence-electron chi connectivity index (χ0n) is 9.71. The number of rotatable bonds is 2. The molecule has 0 unspecified atom stereocenters. The predicted octanol–water partition coefficient (Wildman–Crippen LogP) is 5.23. The van der Waals surface area contributed by atoms with E-state index in [1.54, 1.807) is 12.1 Å². The van der Waals surface area contributed by atoms with Crippen molar-refractivity contribution < 1.29 is 4.39 Å². The summed E-state index contributed by atoms with van der Waals surface area (Å²) in [5, 5.41) is 0.835. The standard InChI is InChI=1S/C15H14ClF/c1-11(12-7-9-14(16)10-8-12)15(17)13-5-3-2-4-6-13/h2-7,9H,8,10H2,1H3/b15-11-. The van der Waals surface area contributed by atoms with Crippen LogP contribution in [0.15, 0.2) is 58.7 Å². The van der Waals surface area contributed by atoms with Crippen molar-refractivity contribution in [1.29, 1.82) is 0 Å².